The highest BCUT2D eigenvalue weighted by Crippen LogP contribution is 2.27. The van der Waals surface area contributed by atoms with E-state index in [0.717, 1.165) is 6.42 Å². The minimum Gasteiger partial charge on any atom is -0.351 e. The van der Waals surface area contributed by atoms with Crippen molar-refractivity contribution in [2.75, 3.05) is 0 Å². The van der Waals surface area contributed by atoms with Gasteiger partial charge in [0, 0.05) is 11.5 Å². The number of carbonyl (C=O) groups excluding carboxylic acids is 1. The van der Waals surface area contributed by atoms with Crippen molar-refractivity contribution in [1.29, 1.82) is 5.26 Å². The number of hydrogen-bond donors (Lipinski definition) is 2. The fourth-order valence-electron chi connectivity index (χ4n) is 1.74. The van der Waals surface area contributed by atoms with Crippen molar-refractivity contribution in [3.8, 4) is 6.07 Å². The van der Waals surface area contributed by atoms with E-state index < -0.39 is 6.04 Å². The molecular weight excluding hydrogens is 166 g/mol. The zero-order valence-electron chi connectivity index (χ0n) is 8.00. The average Bonchev–Trinajstić information content (AvgIpc) is 2.24. The molecule has 3 N–H and O–H groups in total. The van der Waals surface area contributed by atoms with Gasteiger partial charge < -0.3 is 11.1 Å². The summed E-state index contributed by atoms with van der Waals surface area (Å²) in [5, 5.41) is 11.4. The van der Waals surface area contributed by atoms with Crippen LogP contribution in [0.15, 0.2) is 0 Å². The normalized spacial score (nSPS) is 27.8. The Morgan fingerprint density at radius 2 is 2.46 bits per heavy atom. The lowest BCUT2D eigenvalue weighted by atomic mass is 9.92. The summed E-state index contributed by atoms with van der Waals surface area (Å²) < 4.78 is 0. The summed E-state index contributed by atoms with van der Waals surface area (Å²) in [6.45, 7) is 3.95. The SMILES string of the molecule is CC1(C)CC(CC(N)C#N)C(=O)N1. The van der Waals surface area contributed by atoms with E-state index in [-0.39, 0.29) is 17.4 Å². The van der Waals surface area contributed by atoms with E-state index in [1.165, 1.54) is 0 Å². The lowest BCUT2D eigenvalue weighted by molar-refractivity contribution is -0.123. The molecule has 4 heteroatoms. The van der Waals surface area contributed by atoms with E-state index in [9.17, 15) is 4.79 Å². The Hall–Kier alpha value is -1.08. The Morgan fingerprint density at radius 3 is 2.85 bits per heavy atom. The van der Waals surface area contributed by atoms with E-state index in [1.54, 1.807) is 0 Å². The second-order valence-corrected chi connectivity index (χ2v) is 4.25. The molecule has 0 spiro atoms. The van der Waals surface area contributed by atoms with Crippen molar-refractivity contribution in [2.45, 2.75) is 38.3 Å². The molecule has 1 rings (SSSR count). The molecule has 0 aromatic rings. The van der Waals surface area contributed by atoms with Gasteiger partial charge >= 0.3 is 0 Å². The Bertz CT molecular complexity index is 254. The van der Waals surface area contributed by atoms with Gasteiger partial charge in [0.15, 0.2) is 0 Å². The van der Waals surface area contributed by atoms with Gasteiger partial charge in [-0.15, -0.1) is 0 Å². The van der Waals surface area contributed by atoms with Crippen LogP contribution in [0, 0.1) is 17.2 Å². The lowest BCUT2D eigenvalue weighted by Gasteiger charge is -2.16. The summed E-state index contributed by atoms with van der Waals surface area (Å²) in [5.41, 5.74) is 5.32. The largest absolute Gasteiger partial charge is 0.351 e. The minimum atomic E-state index is -0.523. The van der Waals surface area contributed by atoms with Crippen LogP contribution >= 0.6 is 0 Å². The molecule has 1 heterocycles. The summed E-state index contributed by atoms with van der Waals surface area (Å²) in [7, 11) is 0. The number of amides is 1. The number of nitriles is 1. The molecular formula is C9H15N3O. The second-order valence-electron chi connectivity index (χ2n) is 4.25. The van der Waals surface area contributed by atoms with Crippen molar-refractivity contribution < 1.29 is 4.79 Å². The van der Waals surface area contributed by atoms with Crippen LogP contribution < -0.4 is 11.1 Å². The van der Waals surface area contributed by atoms with Crippen molar-refractivity contribution in [2.24, 2.45) is 11.7 Å². The highest BCUT2D eigenvalue weighted by molar-refractivity contribution is 5.82. The predicted molar refractivity (Wildman–Crippen MR) is 48.5 cm³/mol. The fraction of sp³-hybridized carbons (Fsp3) is 0.778. The van der Waals surface area contributed by atoms with E-state index in [4.69, 9.17) is 11.0 Å². The van der Waals surface area contributed by atoms with Crippen molar-refractivity contribution >= 4 is 5.91 Å². The third kappa shape index (κ3) is 2.43. The first-order valence-corrected chi connectivity index (χ1v) is 4.42. The maximum atomic E-state index is 11.4. The van der Waals surface area contributed by atoms with Gasteiger partial charge in [-0.2, -0.15) is 5.26 Å². The van der Waals surface area contributed by atoms with Crippen molar-refractivity contribution in [3.63, 3.8) is 0 Å². The lowest BCUT2D eigenvalue weighted by Crippen LogP contribution is -2.34. The standard InChI is InChI=1S/C9H15N3O/c1-9(2)4-6(8(13)12-9)3-7(11)5-10/h6-7H,3-4,11H2,1-2H3,(H,12,13). The molecule has 72 valence electrons. The maximum Gasteiger partial charge on any atom is 0.223 e. The first-order valence-electron chi connectivity index (χ1n) is 4.42. The second kappa shape index (κ2) is 3.35. The number of carbonyl (C=O) groups is 1. The molecule has 4 nitrogen and oxygen atoms in total. The monoisotopic (exact) mass is 181 g/mol. The number of hydrogen-bond acceptors (Lipinski definition) is 3. The van der Waals surface area contributed by atoms with Crippen LogP contribution in [0.1, 0.15) is 26.7 Å². The zero-order valence-corrected chi connectivity index (χ0v) is 8.00. The maximum absolute atomic E-state index is 11.4. The summed E-state index contributed by atoms with van der Waals surface area (Å²) >= 11 is 0. The Morgan fingerprint density at radius 1 is 1.85 bits per heavy atom. The van der Waals surface area contributed by atoms with Gasteiger partial charge in [-0.3, -0.25) is 4.79 Å². The summed E-state index contributed by atoms with van der Waals surface area (Å²) in [6.07, 6.45) is 1.23. The molecule has 0 bridgehead atoms. The molecule has 1 fully saturated rings. The number of nitrogens with zero attached hydrogens (tertiary/aromatic N) is 1. The van der Waals surface area contributed by atoms with E-state index in [0.29, 0.717) is 6.42 Å². The molecule has 0 aromatic heterocycles. The van der Waals surface area contributed by atoms with Gasteiger partial charge in [0.2, 0.25) is 5.91 Å². The fourth-order valence-corrected chi connectivity index (χ4v) is 1.74. The number of nitrogens with two attached hydrogens (primary N) is 1. The molecule has 0 aromatic carbocycles. The van der Waals surface area contributed by atoms with Gasteiger partial charge in [0.25, 0.3) is 0 Å². The van der Waals surface area contributed by atoms with Gasteiger partial charge in [0.05, 0.1) is 12.1 Å². The molecule has 1 amide bonds. The predicted octanol–water partition coefficient (Wildman–Crippen LogP) is 0.142. The molecule has 2 atom stereocenters. The summed E-state index contributed by atoms with van der Waals surface area (Å²) in [5.74, 6) is -0.0691. The Kier molecular flexibility index (Phi) is 2.58. The van der Waals surface area contributed by atoms with Gasteiger partial charge in [-0.05, 0) is 26.7 Å². The summed E-state index contributed by atoms with van der Waals surface area (Å²) in [4.78, 5) is 11.4. The van der Waals surface area contributed by atoms with Gasteiger partial charge in [-0.25, -0.2) is 0 Å². The number of rotatable bonds is 2. The van der Waals surface area contributed by atoms with E-state index >= 15 is 0 Å². The number of nitrogens with one attached hydrogen (secondary N) is 1. The van der Waals surface area contributed by atoms with Crippen molar-refractivity contribution in [1.82, 2.24) is 5.32 Å². The van der Waals surface area contributed by atoms with Crippen LogP contribution in [-0.2, 0) is 4.79 Å². The molecule has 1 aliphatic heterocycles. The molecule has 0 saturated carbocycles. The Balaban J connectivity index is 2.55. The molecule has 0 aliphatic carbocycles. The minimum absolute atomic E-state index is 0.0238. The Labute approximate surface area is 78.1 Å². The molecule has 1 aliphatic rings. The van der Waals surface area contributed by atoms with Crippen LogP contribution in [0.3, 0.4) is 0 Å². The molecule has 0 radical (unpaired) electrons. The first-order chi connectivity index (χ1) is 5.94. The molecule has 2 unspecified atom stereocenters. The van der Waals surface area contributed by atoms with E-state index in [1.807, 2.05) is 19.9 Å². The van der Waals surface area contributed by atoms with Crippen LogP contribution in [0.25, 0.3) is 0 Å². The van der Waals surface area contributed by atoms with Crippen LogP contribution in [-0.4, -0.2) is 17.5 Å². The quantitative estimate of drug-likeness (QED) is 0.636. The first kappa shape index (κ1) is 10.0. The average molecular weight is 181 g/mol. The highest BCUT2D eigenvalue weighted by atomic mass is 16.2. The van der Waals surface area contributed by atoms with Crippen LogP contribution in [0.4, 0.5) is 0 Å². The molecule has 13 heavy (non-hydrogen) atoms. The third-order valence-electron chi connectivity index (χ3n) is 2.29. The van der Waals surface area contributed by atoms with Crippen molar-refractivity contribution in [3.05, 3.63) is 0 Å². The molecule has 1 saturated heterocycles. The van der Waals surface area contributed by atoms with Crippen LogP contribution in [0.5, 0.6) is 0 Å². The third-order valence-corrected chi connectivity index (χ3v) is 2.29. The topological polar surface area (TPSA) is 78.9 Å². The summed E-state index contributed by atoms with van der Waals surface area (Å²) in [6, 6.07) is 1.41. The highest BCUT2D eigenvalue weighted by Gasteiger charge is 2.37. The zero-order chi connectivity index (χ0) is 10.1. The van der Waals surface area contributed by atoms with Gasteiger partial charge in [-0.1, -0.05) is 0 Å². The van der Waals surface area contributed by atoms with Gasteiger partial charge in [0.1, 0.15) is 0 Å². The smallest absolute Gasteiger partial charge is 0.223 e. The van der Waals surface area contributed by atoms with Crippen LogP contribution in [0.2, 0.25) is 0 Å². The van der Waals surface area contributed by atoms with E-state index in [2.05, 4.69) is 5.32 Å².